The van der Waals surface area contributed by atoms with Gasteiger partial charge in [-0.3, -0.25) is 0 Å². The minimum atomic E-state index is 0.566. The van der Waals surface area contributed by atoms with Crippen molar-refractivity contribution in [2.45, 2.75) is 16.0 Å². The van der Waals surface area contributed by atoms with Crippen LogP contribution in [0.4, 0.5) is 0 Å². The monoisotopic (exact) mass is 276 g/mol. The van der Waals surface area contributed by atoms with Crippen molar-refractivity contribution in [3.8, 4) is 0 Å². The molecule has 1 aromatic heterocycles. The van der Waals surface area contributed by atoms with E-state index in [1.54, 1.807) is 17.8 Å². The number of nitrogens with zero attached hydrogens (tertiary/aromatic N) is 2. The van der Waals surface area contributed by atoms with Gasteiger partial charge in [0.1, 0.15) is 4.21 Å². The smallest absolute Gasteiger partial charge is 0.109 e. The molecule has 15 heavy (non-hydrogen) atoms. The second-order valence-electron chi connectivity index (χ2n) is 2.82. The van der Waals surface area contributed by atoms with Crippen LogP contribution in [0.5, 0.6) is 0 Å². The summed E-state index contributed by atoms with van der Waals surface area (Å²) < 4.78 is 4.95. The summed E-state index contributed by atoms with van der Waals surface area (Å²) >= 11 is 14.7. The Morgan fingerprint density at radius 2 is 2.07 bits per heavy atom. The molecular weight excluding hydrogens is 271 g/mol. The molecule has 0 radical (unpaired) electrons. The van der Waals surface area contributed by atoms with Gasteiger partial charge in [0, 0.05) is 4.90 Å². The van der Waals surface area contributed by atoms with Crippen LogP contribution in [0.15, 0.2) is 27.3 Å². The first-order valence-electron chi connectivity index (χ1n) is 4.08. The largest absolute Gasteiger partial charge is 0.142 e. The zero-order valence-corrected chi connectivity index (χ0v) is 10.8. The molecule has 0 bridgehead atoms. The van der Waals surface area contributed by atoms with Crippen LogP contribution in [-0.2, 0) is 0 Å². The Labute approximate surface area is 106 Å². The first-order valence-corrected chi connectivity index (χ1v) is 6.43. The lowest BCUT2D eigenvalue weighted by Gasteiger charge is -2.00. The van der Waals surface area contributed by atoms with Crippen LogP contribution in [0.2, 0.25) is 10.0 Å². The SMILES string of the molecule is Cc1nnsc1Sc1ccc(Cl)c(Cl)c1. The average Bonchev–Trinajstić information content (AvgIpc) is 2.59. The van der Waals surface area contributed by atoms with E-state index in [0.29, 0.717) is 10.0 Å². The second kappa shape index (κ2) is 4.70. The Hall–Kier alpha value is -0.290. The molecule has 0 amide bonds. The van der Waals surface area contributed by atoms with Gasteiger partial charge in [-0.05, 0) is 36.7 Å². The summed E-state index contributed by atoms with van der Waals surface area (Å²) in [6, 6.07) is 5.56. The van der Waals surface area contributed by atoms with Gasteiger partial charge in [-0.1, -0.05) is 39.5 Å². The Morgan fingerprint density at radius 3 is 2.67 bits per heavy atom. The van der Waals surface area contributed by atoms with Gasteiger partial charge in [-0.2, -0.15) is 0 Å². The maximum atomic E-state index is 5.92. The number of hydrogen-bond donors (Lipinski definition) is 0. The van der Waals surface area contributed by atoms with E-state index >= 15 is 0 Å². The Morgan fingerprint density at radius 1 is 1.27 bits per heavy atom. The van der Waals surface area contributed by atoms with Crippen LogP contribution in [-0.4, -0.2) is 9.59 Å². The fraction of sp³-hybridized carbons (Fsp3) is 0.111. The number of aromatic nitrogens is 2. The molecule has 0 saturated carbocycles. The number of hydrogen-bond acceptors (Lipinski definition) is 4. The van der Waals surface area contributed by atoms with Gasteiger partial charge in [0.05, 0.1) is 15.7 Å². The van der Waals surface area contributed by atoms with Crippen molar-refractivity contribution in [3.05, 3.63) is 33.9 Å². The van der Waals surface area contributed by atoms with E-state index in [9.17, 15) is 0 Å². The summed E-state index contributed by atoms with van der Waals surface area (Å²) in [5.41, 5.74) is 0.941. The van der Waals surface area contributed by atoms with Gasteiger partial charge in [0.2, 0.25) is 0 Å². The molecule has 0 aliphatic carbocycles. The minimum Gasteiger partial charge on any atom is -0.142 e. The lowest BCUT2D eigenvalue weighted by Crippen LogP contribution is -1.75. The van der Waals surface area contributed by atoms with Crippen LogP contribution in [0.25, 0.3) is 0 Å². The molecule has 0 spiro atoms. The van der Waals surface area contributed by atoms with Crippen molar-refractivity contribution >= 4 is 46.5 Å². The fourth-order valence-corrected chi connectivity index (χ4v) is 2.99. The summed E-state index contributed by atoms with van der Waals surface area (Å²) in [6.45, 7) is 1.93. The van der Waals surface area contributed by atoms with Crippen molar-refractivity contribution < 1.29 is 0 Å². The van der Waals surface area contributed by atoms with Gasteiger partial charge in [0.15, 0.2) is 0 Å². The maximum Gasteiger partial charge on any atom is 0.109 e. The minimum absolute atomic E-state index is 0.566. The highest BCUT2D eigenvalue weighted by molar-refractivity contribution is 8.01. The molecule has 2 rings (SSSR count). The van der Waals surface area contributed by atoms with Crippen LogP contribution < -0.4 is 0 Å². The van der Waals surface area contributed by atoms with Gasteiger partial charge in [0.25, 0.3) is 0 Å². The molecular formula is C9H6Cl2N2S2. The summed E-state index contributed by atoms with van der Waals surface area (Å²) in [5, 5.41) is 5.08. The summed E-state index contributed by atoms with van der Waals surface area (Å²) in [6.07, 6.45) is 0. The van der Waals surface area contributed by atoms with Crippen LogP contribution in [0, 0.1) is 6.92 Å². The van der Waals surface area contributed by atoms with Crippen LogP contribution in [0.3, 0.4) is 0 Å². The van der Waals surface area contributed by atoms with E-state index in [1.807, 2.05) is 19.1 Å². The van der Waals surface area contributed by atoms with Crippen LogP contribution >= 0.6 is 46.5 Å². The summed E-state index contributed by atoms with van der Waals surface area (Å²) in [7, 11) is 0. The molecule has 78 valence electrons. The van der Waals surface area contributed by atoms with E-state index in [-0.39, 0.29) is 0 Å². The van der Waals surface area contributed by atoms with Gasteiger partial charge in [-0.25, -0.2) is 0 Å². The highest BCUT2D eigenvalue weighted by Gasteiger charge is 2.06. The number of rotatable bonds is 2. The predicted octanol–water partition coefficient (Wildman–Crippen LogP) is 4.30. The standard InChI is InChI=1S/C9H6Cl2N2S2/c1-5-9(15-13-12-5)14-6-2-3-7(10)8(11)4-6/h2-4H,1H3. The average molecular weight is 277 g/mol. The second-order valence-corrected chi connectivity index (χ2v) is 5.73. The molecule has 1 heterocycles. The van der Waals surface area contributed by atoms with Gasteiger partial charge in [-0.15, -0.1) is 5.10 Å². The summed E-state index contributed by atoms with van der Waals surface area (Å²) in [5.74, 6) is 0. The number of halogens is 2. The molecule has 0 atom stereocenters. The van der Waals surface area contributed by atoms with E-state index < -0.39 is 0 Å². The lowest BCUT2D eigenvalue weighted by molar-refractivity contribution is 1.07. The van der Waals surface area contributed by atoms with Crippen molar-refractivity contribution in [1.29, 1.82) is 0 Å². The lowest BCUT2D eigenvalue weighted by atomic mass is 10.4. The van der Waals surface area contributed by atoms with Crippen molar-refractivity contribution in [2.24, 2.45) is 0 Å². The molecule has 0 saturated heterocycles. The van der Waals surface area contributed by atoms with E-state index in [1.165, 1.54) is 11.5 Å². The molecule has 2 aromatic rings. The molecule has 0 aliphatic rings. The Bertz CT molecular complexity index is 485. The molecule has 2 nitrogen and oxygen atoms in total. The topological polar surface area (TPSA) is 25.8 Å². The molecule has 0 aliphatic heterocycles. The van der Waals surface area contributed by atoms with Gasteiger partial charge >= 0.3 is 0 Å². The van der Waals surface area contributed by atoms with E-state index in [4.69, 9.17) is 23.2 Å². The number of aryl methyl sites for hydroxylation is 1. The van der Waals surface area contributed by atoms with Crippen LogP contribution in [0.1, 0.15) is 5.69 Å². The molecule has 1 aromatic carbocycles. The highest BCUT2D eigenvalue weighted by atomic mass is 35.5. The summed E-state index contributed by atoms with van der Waals surface area (Å²) in [4.78, 5) is 1.04. The third-order valence-electron chi connectivity index (χ3n) is 1.71. The Kier molecular flexibility index (Phi) is 3.51. The van der Waals surface area contributed by atoms with Crippen molar-refractivity contribution in [1.82, 2.24) is 9.59 Å². The third kappa shape index (κ3) is 2.64. The zero-order valence-electron chi connectivity index (χ0n) is 7.70. The zero-order chi connectivity index (χ0) is 10.8. The van der Waals surface area contributed by atoms with E-state index in [0.717, 1.165) is 14.8 Å². The van der Waals surface area contributed by atoms with Crippen molar-refractivity contribution in [2.75, 3.05) is 0 Å². The first kappa shape index (κ1) is 11.2. The molecule has 0 unspecified atom stereocenters. The normalized spacial score (nSPS) is 10.6. The maximum absolute atomic E-state index is 5.92. The first-order chi connectivity index (χ1) is 7.16. The van der Waals surface area contributed by atoms with Gasteiger partial charge < -0.3 is 0 Å². The molecule has 0 N–H and O–H groups in total. The Balaban J connectivity index is 2.25. The molecule has 6 heteroatoms. The quantitative estimate of drug-likeness (QED) is 0.818. The molecule has 0 fully saturated rings. The fourth-order valence-electron chi connectivity index (χ4n) is 0.965. The van der Waals surface area contributed by atoms with Crippen molar-refractivity contribution in [3.63, 3.8) is 0 Å². The van der Waals surface area contributed by atoms with E-state index in [2.05, 4.69) is 9.59 Å². The predicted molar refractivity (Wildman–Crippen MR) is 65.2 cm³/mol. The number of benzene rings is 1. The highest BCUT2D eigenvalue weighted by Crippen LogP contribution is 2.35. The third-order valence-corrected chi connectivity index (χ3v) is 4.52.